The minimum atomic E-state index is -0.598. The quantitative estimate of drug-likeness (QED) is 0.692. The number of fused-ring (bicyclic) bond motifs is 1. The number of likely N-dealkylation sites (tertiary alicyclic amines) is 2. The number of hydrogen-bond donors (Lipinski definition) is 2. The Morgan fingerprint density at radius 1 is 1.09 bits per heavy atom. The lowest BCUT2D eigenvalue weighted by molar-refractivity contribution is 0.0725. The first-order chi connectivity index (χ1) is 15.5. The van der Waals surface area contributed by atoms with E-state index in [-0.39, 0.29) is 12.6 Å². The Labute approximate surface area is 188 Å². The van der Waals surface area contributed by atoms with Crippen molar-refractivity contribution in [2.75, 3.05) is 51.8 Å². The summed E-state index contributed by atoms with van der Waals surface area (Å²) < 4.78 is 10.8. The molecule has 8 heteroatoms. The van der Waals surface area contributed by atoms with E-state index in [1.54, 1.807) is 31.4 Å². The smallest absolute Gasteiger partial charge is 0.321 e. The van der Waals surface area contributed by atoms with E-state index in [1.165, 1.54) is 0 Å². The highest BCUT2D eigenvalue weighted by atomic mass is 16.5. The van der Waals surface area contributed by atoms with Crippen LogP contribution >= 0.6 is 0 Å². The van der Waals surface area contributed by atoms with Crippen molar-refractivity contribution in [1.82, 2.24) is 9.80 Å². The predicted octanol–water partition coefficient (Wildman–Crippen LogP) is 2.40. The van der Waals surface area contributed by atoms with Crippen molar-refractivity contribution in [3.05, 3.63) is 54.1 Å². The van der Waals surface area contributed by atoms with Gasteiger partial charge >= 0.3 is 6.03 Å². The van der Waals surface area contributed by atoms with Crippen LogP contribution in [0.25, 0.3) is 0 Å². The summed E-state index contributed by atoms with van der Waals surface area (Å²) in [6.45, 7) is 3.92. The molecule has 32 heavy (non-hydrogen) atoms. The maximum atomic E-state index is 12.6. The van der Waals surface area contributed by atoms with E-state index < -0.39 is 6.10 Å². The van der Waals surface area contributed by atoms with Gasteiger partial charge in [0.05, 0.1) is 18.7 Å². The van der Waals surface area contributed by atoms with Crippen LogP contribution in [-0.2, 0) is 0 Å². The zero-order valence-electron chi connectivity index (χ0n) is 18.1. The van der Waals surface area contributed by atoms with E-state index in [4.69, 9.17) is 14.7 Å². The second-order valence-electron chi connectivity index (χ2n) is 8.40. The largest absolute Gasteiger partial charge is 0.497 e. The molecule has 2 aromatic carbocycles. The number of amides is 2. The maximum absolute atomic E-state index is 12.6. The van der Waals surface area contributed by atoms with Gasteiger partial charge in [0.15, 0.2) is 0 Å². The Hall–Kier alpha value is -3.28. The second kappa shape index (κ2) is 9.90. The van der Waals surface area contributed by atoms with Crippen LogP contribution in [-0.4, -0.2) is 73.5 Å². The molecule has 2 fully saturated rings. The van der Waals surface area contributed by atoms with Crippen LogP contribution in [0.2, 0.25) is 0 Å². The first-order valence-electron chi connectivity index (χ1n) is 10.8. The molecule has 2 saturated heterocycles. The molecule has 0 aliphatic carbocycles. The first-order valence-corrected chi connectivity index (χ1v) is 10.8. The third-order valence-electron chi connectivity index (χ3n) is 6.09. The Kier molecular flexibility index (Phi) is 6.78. The van der Waals surface area contributed by atoms with Gasteiger partial charge in [-0.1, -0.05) is 0 Å². The fourth-order valence-corrected chi connectivity index (χ4v) is 4.45. The minimum Gasteiger partial charge on any atom is -0.497 e. The molecule has 3 atom stereocenters. The topological polar surface area (TPSA) is 98.1 Å². The molecule has 2 aliphatic rings. The van der Waals surface area contributed by atoms with Gasteiger partial charge in [-0.05, 0) is 60.4 Å². The van der Waals surface area contributed by atoms with E-state index in [1.807, 2.05) is 29.2 Å². The minimum absolute atomic E-state index is 0.0769. The number of nitrogens with zero attached hydrogens (tertiary/aromatic N) is 3. The van der Waals surface area contributed by atoms with Gasteiger partial charge < -0.3 is 24.8 Å². The fourth-order valence-electron chi connectivity index (χ4n) is 4.45. The normalized spacial score (nSPS) is 21.0. The summed E-state index contributed by atoms with van der Waals surface area (Å²) in [7, 11) is 1.61. The number of benzene rings is 2. The molecule has 4 rings (SSSR count). The van der Waals surface area contributed by atoms with Crippen molar-refractivity contribution >= 4 is 11.7 Å². The van der Waals surface area contributed by atoms with Crippen LogP contribution < -0.4 is 14.8 Å². The number of urea groups is 1. The van der Waals surface area contributed by atoms with E-state index in [2.05, 4.69) is 16.3 Å². The number of rotatable bonds is 7. The van der Waals surface area contributed by atoms with Crippen molar-refractivity contribution in [3.63, 3.8) is 0 Å². The standard InChI is InChI=1S/C24H28N4O4/c1-31-22-8-4-20(5-9-22)26-24(30)28-13-18-11-27(12-19(18)14-28)15-21(29)16-32-23-6-2-17(10-25)3-7-23/h2-9,18-19,21,29H,11-16H2,1H3,(H,26,30)/t18?,19?,21-/m0/s1. The van der Waals surface area contributed by atoms with Gasteiger partial charge in [-0.3, -0.25) is 4.90 Å². The Morgan fingerprint density at radius 3 is 2.31 bits per heavy atom. The summed E-state index contributed by atoms with van der Waals surface area (Å²) in [6.07, 6.45) is -0.598. The van der Waals surface area contributed by atoms with Crippen molar-refractivity contribution in [2.24, 2.45) is 11.8 Å². The number of anilines is 1. The number of β-amino-alcohol motifs (C(OH)–C–C–N with tert-alkyl or cyclic N) is 1. The van der Waals surface area contributed by atoms with E-state index in [9.17, 15) is 9.90 Å². The van der Waals surface area contributed by atoms with Gasteiger partial charge in [0, 0.05) is 38.4 Å². The van der Waals surface area contributed by atoms with Gasteiger partial charge in [-0.15, -0.1) is 0 Å². The van der Waals surface area contributed by atoms with Crippen LogP contribution in [0.15, 0.2) is 48.5 Å². The van der Waals surface area contributed by atoms with Crippen LogP contribution in [0.5, 0.6) is 11.5 Å². The highest BCUT2D eigenvalue weighted by Gasteiger charge is 2.41. The van der Waals surface area contributed by atoms with Gasteiger partial charge in [-0.25, -0.2) is 4.79 Å². The molecule has 0 aromatic heterocycles. The number of aliphatic hydroxyl groups is 1. The zero-order chi connectivity index (χ0) is 22.5. The molecule has 2 N–H and O–H groups in total. The Morgan fingerprint density at radius 2 is 1.72 bits per heavy atom. The van der Waals surface area contributed by atoms with Crippen molar-refractivity contribution < 1.29 is 19.4 Å². The molecule has 8 nitrogen and oxygen atoms in total. The SMILES string of the molecule is COc1ccc(NC(=O)N2CC3CN(C[C@H](O)COc4ccc(C#N)cc4)CC3C2)cc1. The number of nitriles is 1. The average Bonchev–Trinajstić information content (AvgIpc) is 3.37. The van der Waals surface area contributed by atoms with Gasteiger partial charge in [-0.2, -0.15) is 5.26 Å². The first kappa shape index (κ1) is 21.9. The molecule has 0 saturated carbocycles. The Bertz CT molecular complexity index is 943. The number of ether oxygens (including phenoxy) is 2. The fraction of sp³-hybridized carbons (Fsp3) is 0.417. The predicted molar refractivity (Wildman–Crippen MR) is 120 cm³/mol. The number of hydrogen-bond acceptors (Lipinski definition) is 6. The lowest BCUT2D eigenvalue weighted by atomic mass is 10.0. The second-order valence-corrected chi connectivity index (χ2v) is 8.40. The van der Waals surface area contributed by atoms with Crippen LogP contribution in [0.1, 0.15) is 5.56 Å². The monoisotopic (exact) mass is 436 g/mol. The number of nitrogens with one attached hydrogen (secondary N) is 1. The molecule has 2 amide bonds. The van der Waals surface area contributed by atoms with Gasteiger partial charge in [0.2, 0.25) is 0 Å². The number of carbonyl (C=O) groups excluding carboxylic acids is 1. The molecule has 2 heterocycles. The summed E-state index contributed by atoms with van der Waals surface area (Å²) in [6, 6.07) is 16.2. The molecule has 0 spiro atoms. The summed E-state index contributed by atoms with van der Waals surface area (Å²) in [5.74, 6) is 2.23. The number of methoxy groups -OCH3 is 1. The summed E-state index contributed by atoms with van der Waals surface area (Å²) >= 11 is 0. The Balaban J connectivity index is 1.19. The van der Waals surface area contributed by atoms with Crippen molar-refractivity contribution in [1.29, 1.82) is 5.26 Å². The lowest BCUT2D eigenvalue weighted by Crippen LogP contribution is -2.39. The molecule has 0 radical (unpaired) electrons. The van der Waals surface area contributed by atoms with Crippen molar-refractivity contribution in [3.8, 4) is 17.6 Å². The molecular formula is C24H28N4O4. The van der Waals surface area contributed by atoms with Gasteiger partial charge in [0.1, 0.15) is 24.2 Å². The summed E-state index contributed by atoms with van der Waals surface area (Å²) in [5.41, 5.74) is 1.33. The molecule has 2 aliphatic heterocycles. The molecule has 0 bridgehead atoms. The molecule has 2 unspecified atom stereocenters. The molecule has 2 aromatic rings. The molecule has 168 valence electrons. The van der Waals surface area contributed by atoms with Crippen LogP contribution in [0.3, 0.4) is 0 Å². The number of aliphatic hydroxyl groups excluding tert-OH is 1. The van der Waals surface area contributed by atoms with Crippen LogP contribution in [0, 0.1) is 23.2 Å². The third-order valence-corrected chi connectivity index (χ3v) is 6.09. The molecular weight excluding hydrogens is 408 g/mol. The zero-order valence-corrected chi connectivity index (χ0v) is 18.1. The maximum Gasteiger partial charge on any atom is 0.321 e. The highest BCUT2D eigenvalue weighted by molar-refractivity contribution is 5.89. The van der Waals surface area contributed by atoms with Crippen LogP contribution in [0.4, 0.5) is 10.5 Å². The summed E-state index contributed by atoms with van der Waals surface area (Å²) in [4.78, 5) is 16.7. The average molecular weight is 437 g/mol. The van der Waals surface area contributed by atoms with Crippen molar-refractivity contribution in [2.45, 2.75) is 6.10 Å². The number of carbonyl (C=O) groups is 1. The highest BCUT2D eigenvalue weighted by Crippen LogP contribution is 2.31. The lowest BCUT2D eigenvalue weighted by Gasteiger charge is -2.24. The summed E-state index contributed by atoms with van der Waals surface area (Å²) in [5, 5.41) is 22.2. The third kappa shape index (κ3) is 5.31. The van der Waals surface area contributed by atoms with E-state index in [0.29, 0.717) is 29.7 Å². The van der Waals surface area contributed by atoms with E-state index in [0.717, 1.165) is 37.6 Å². The van der Waals surface area contributed by atoms with E-state index >= 15 is 0 Å². The van der Waals surface area contributed by atoms with Gasteiger partial charge in [0.25, 0.3) is 0 Å².